The van der Waals surface area contributed by atoms with E-state index in [9.17, 15) is 0 Å². The SMILES string of the molecule is Clc1cncc(Cl)c1N1CCN(C(c2cc3ccccc3o2)c2nc3ccccc3n2Cc2ccccc2)CC1. The molecule has 0 saturated carbocycles. The van der Waals surface area contributed by atoms with Gasteiger partial charge in [-0.25, -0.2) is 4.98 Å². The van der Waals surface area contributed by atoms with Crippen LogP contribution in [0.2, 0.25) is 10.0 Å². The molecule has 0 aliphatic carbocycles. The van der Waals surface area contributed by atoms with Crippen molar-refractivity contribution in [3.05, 3.63) is 125 Å². The average molecular weight is 569 g/mol. The molecule has 0 amide bonds. The van der Waals surface area contributed by atoms with Crippen molar-refractivity contribution in [2.24, 2.45) is 0 Å². The summed E-state index contributed by atoms with van der Waals surface area (Å²) < 4.78 is 8.87. The second-order valence-electron chi connectivity index (χ2n) is 10.1. The molecule has 4 heterocycles. The average Bonchev–Trinajstić information content (AvgIpc) is 3.56. The summed E-state index contributed by atoms with van der Waals surface area (Å²) in [6.07, 6.45) is 3.30. The zero-order valence-corrected chi connectivity index (χ0v) is 23.3. The maximum atomic E-state index is 6.53. The van der Waals surface area contributed by atoms with Crippen LogP contribution in [-0.2, 0) is 6.54 Å². The molecule has 3 aromatic carbocycles. The second kappa shape index (κ2) is 10.6. The summed E-state index contributed by atoms with van der Waals surface area (Å²) in [5.41, 5.74) is 5.03. The topological polar surface area (TPSA) is 50.3 Å². The molecule has 0 radical (unpaired) electrons. The number of aromatic nitrogens is 3. The predicted molar refractivity (Wildman–Crippen MR) is 161 cm³/mol. The van der Waals surface area contributed by atoms with Gasteiger partial charge in [0, 0.05) is 50.5 Å². The molecule has 0 N–H and O–H groups in total. The molecular weight excluding hydrogens is 541 g/mol. The summed E-state index contributed by atoms with van der Waals surface area (Å²) in [4.78, 5) is 14.1. The van der Waals surface area contributed by atoms with E-state index in [0.29, 0.717) is 10.0 Å². The smallest absolute Gasteiger partial charge is 0.135 e. The van der Waals surface area contributed by atoms with Crippen molar-refractivity contribution in [2.45, 2.75) is 12.6 Å². The van der Waals surface area contributed by atoms with Gasteiger partial charge in [-0.05, 0) is 29.8 Å². The number of pyridine rings is 1. The Labute approximate surface area is 242 Å². The van der Waals surface area contributed by atoms with E-state index in [0.717, 1.165) is 72.0 Å². The number of benzene rings is 3. The van der Waals surface area contributed by atoms with Crippen LogP contribution in [0, 0.1) is 0 Å². The van der Waals surface area contributed by atoms with E-state index in [1.54, 1.807) is 12.4 Å². The van der Waals surface area contributed by atoms with Gasteiger partial charge in [-0.15, -0.1) is 0 Å². The van der Waals surface area contributed by atoms with E-state index in [4.69, 9.17) is 32.6 Å². The summed E-state index contributed by atoms with van der Waals surface area (Å²) in [5.74, 6) is 1.86. The molecule has 1 aliphatic rings. The first-order valence-electron chi connectivity index (χ1n) is 13.4. The molecule has 1 fully saturated rings. The van der Waals surface area contributed by atoms with Crippen LogP contribution in [-0.4, -0.2) is 45.6 Å². The first-order chi connectivity index (χ1) is 19.7. The van der Waals surface area contributed by atoms with Crippen molar-refractivity contribution in [3.8, 4) is 0 Å². The van der Waals surface area contributed by atoms with Gasteiger partial charge in [-0.3, -0.25) is 9.88 Å². The summed E-state index contributed by atoms with van der Waals surface area (Å²) in [6.45, 7) is 3.81. The number of anilines is 1. The van der Waals surface area contributed by atoms with Crippen molar-refractivity contribution in [3.63, 3.8) is 0 Å². The number of para-hydroxylation sites is 3. The van der Waals surface area contributed by atoms with Crippen molar-refractivity contribution in [1.82, 2.24) is 19.4 Å². The van der Waals surface area contributed by atoms with Gasteiger partial charge < -0.3 is 13.9 Å². The van der Waals surface area contributed by atoms with Gasteiger partial charge >= 0.3 is 0 Å². The molecule has 1 unspecified atom stereocenters. The molecule has 200 valence electrons. The zero-order valence-electron chi connectivity index (χ0n) is 21.8. The monoisotopic (exact) mass is 567 g/mol. The number of piperazine rings is 1. The number of hydrogen-bond acceptors (Lipinski definition) is 5. The molecule has 0 spiro atoms. The van der Waals surface area contributed by atoms with Gasteiger partial charge in [0.25, 0.3) is 0 Å². The fourth-order valence-electron chi connectivity index (χ4n) is 5.75. The minimum Gasteiger partial charge on any atom is -0.459 e. The van der Waals surface area contributed by atoms with Crippen molar-refractivity contribution >= 4 is 50.9 Å². The van der Waals surface area contributed by atoms with Gasteiger partial charge in [0.05, 0.1) is 26.8 Å². The molecular formula is C32H27Cl2N5O. The molecule has 6 aromatic rings. The number of nitrogens with zero attached hydrogens (tertiary/aromatic N) is 5. The van der Waals surface area contributed by atoms with Crippen LogP contribution in [0.5, 0.6) is 0 Å². The third-order valence-electron chi connectivity index (χ3n) is 7.65. The lowest BCUT2D eigenvalue weighted by atomic mass is 10.1. The number of halogens is 2. The van der Waals surface area contributed by atoms with E-state index in [1.165, 1.54) is 5.56 Å². The lowest BCUT2D eigenvalue weighted by molar-refractivity contribution is 0.185. The quantitative estimate of drug-likeness (QED) is 0.209. The first kappa shape index (κ1) is 25.1. The molecule has 0 bridgehead atoms. The Balaban J connectivity index is 1.32. The summed E-state index contributed by atoms with van der Waals surface area (Å²) in [7, 11) is 0. The zero-order chi connectivity index (χ0) is 27.1. The van der Waals surface area contributed by atoms with Gasteiger partial charge in [-0.1, -0.05) is 83.9 Å². The predicted octanol–water partition coefficient (Wildman–Crippen LogP) is 7.44. The largest absolute Gasteiger partial charge is 0.459 e. The van der Waals surface area contributed by atoms with Crippen molar-refractivity contribution in [2.75, 3.05) is 31.1 Å². The highest BCUT2D eigenvalue weighted by molar-refractivity contribution is 6.38. The highest BCUT2D eigenvalue weighted by atomic mass is 35.5. The van der Waals surface area contributed by atoms with Crippen LogP contribution in [0.4, 0.5) is 5.69 Å². The molecule has 1 aliphatic heterocycles. The van der Waals surface area contributed by atoms with Gasteiger partial charge in [0.1, 0.15) is 23.2 Å². The second-order valence-corrected chi connectivity index (χ2v) is 10.9. The number of imidazole rings is 1. The number of furan rings is 1. The van der Waals surface area contributed by atoms with E-state index >= 15 is 0 Å². The number of rotatable bonds is 6. The van der Waals surface area contributed by atoms with Crippen LogP contribution in [0.15, 0.2) is 102 Å². The standard InChI is InChI=1S/C32H27Cl2N5O/c33-24-19-35-20-25(34)30(24)37-14-16-38(17-15-37)31(29-18-23-10-4-7-13-28(23)40-29)32-36-26-11-5-6-12-27(26)39(32)21-22-8-2-1-3-9-22/h1-13,18-20,31H,14-17,21H2. The Morgan fingerprint density at radius 1 is 0.800 bits per heavy atom. The minimum atomic E-state index is -0.172. The fourth-order valence-corrected chi connectivity index (χ4v) is 6.36. The summed E-state index contributed by atoms with van der Waals surface area (Å²) in [6, 6.07) is 29.1. The molecule has 7 rings (SSSR count). The van der Waals surface area contributed by atoms with E-state index < -0.39 is 0 Å². The minimum absolute atomic E-state index is 0.172. The third kappa shape index (κ3) is 4.62. The fraction of sp³-hybridized carbons (Fsp3) is 0.188. The van der Waals surface area contributed by atoms with E-state index in [1.807, 2.05) is 24.3 Å². The van der Waals surface area contributed by atoms with Crippen molar-refractivity contribution in [1.29, 1.82) is 0 Å². The summed E-state index contributed by atoms with van der Waals surface area (Å²) in [5, 5.41) is 2.22. The lowest BCUT2D eigenvalue weighted by Crippen LogP contribution is -2.48. The van der Waals surface area contributed by atoms with Gasteiger partial charge in [0.2, 0.25) is 0 Å². The first-order valence-corrected chi connectivity index (χ1v) is 14.2. The molecule has 3 aromatic heterocycles. The molecule has 6 nitrogen and oxygen atoms in total. The van der Waals surface area contributed by atoms with Crippen LogP contribution >= 0.6 is 23.2 Å². The number of fused-ring (bicyclic) bond motifs is 2. The highest BCUT2D eigenvalue weighted by Crippen LogP contribution is 2.37. The molecule has 40 heavy (non-hydrogen) atoms. The third-order valence-corrected chi connectivity index (χ3v) is 8.20. The van der Waals surface area contributed by atoms with Crippen LogP contribution in [0.25, 0.3) is 22.0 Å². The molecule has 8 heteroatoms. The highest BCUT2D eigenvalue weighted by Gasteiger charge is 2.34. The van der Waals surface area contributed by atoms with Crippen LogP contribution < -0.4 is 4.90 Å². The Morgan fingerprint density at radius 3 is 2.27 bits per heavy atom. The maximum Gasteiger partial charge on any atom is 0.135 e. The normalized spacial score (nSPS) is 15.2. The Hall–Kier alpha value is -3.84. The van der Waals surface area contributed by atoms with Gasteiger partial charge in [0.15, 0.2) is 0 Å². The number of hydrogen-bond donors (Lipinski definition) is 0. The lowest BCUT2D eigenvalue weighted by Gasteiger charge is -2.39. The molecule has 1 saturated heterocycles. The van der Waals surface area contributed by atoms with Crippen molar-refractivity contribution < 1.29 is 4.42 Å². The summed E-state index contributed by atoms with van der Waals surface area (Å²) >= 11 is 13.0. The van der Waals surface area contributed by atoms with Gasteiger partial charge in [-0.2, -0.15) is 0 Å². The van der Waals surface area contributed by atoms with E-state index in [-0.39, 0.29) is 6.04 Å². The molecule has 1 atom stereocenters. The Kier molecular flexibility index (Phi) is 6.68. The Morgan fingerprint density at radius 2 is 1.50 bits per heavy atom. The maximum absolute atomic E-state index is 6.53. The van der Waals surface area contributed by atoms with Crippen LogP contribution in [0.3, 0.4) is 0 Å². The van der Waals surface area contributed by atoms with Crippen LogP contribution in [0.1, 0.15) is 23.2 Å². The Bertz CT molecular complexity index is 1740. The van der Waals surface area contributed by atoms with E-state index in [2.05, 4.69) is 80.0 Å².